The fourth-order valence-electron chi connectivity index (χ4n) is 2.12. The van der Waals surface area contributed by atoms with Gasteiger partial charge >= 0.3 is 0 Å². The van der Waals surface area contributed by atoms with E-state index in [1.54, 1.807) is 7.11 Å². The van der Waals surface area contributed by atoms with Gasteiger partial charge in [-0.3, -0.25) is 0 Å². The summed E-state index contributed by atoms with van der Waals surface area (Å²) in [6, 6.07) is 16.5. The van der Waals surface area contributed by atoms with Gasteiger partial charge in [0.2, 0.25) is 0 Å². The van der Waals surface area contributed by atoms with Crippen molar-refractivity contribution in [2.45, 2.75) is 6.92 Å². The van der Waals surface area contributed by atoms with E-state index < -0.39 is 0 Å². The molecule has 0 aliphatic carbocycles. The first-order chi connectivity index (χ1) is 9.24. The number of benzene rings is 2. The van der Waals surface area contributed by atoms with Crippen molar-refractivity contribution < 1.29 is 4.74 Å². The Bertz CT molecular complexity index is 587. The molecule has 2 aromatic carbocycles. The number of methoxy groups -OCH3 is 1. The number of ether oxygens (including phenoxy) is 1. The summed E-state index contributed by atoms with van der Waals surface area (Å²) in [6.07, 6.45) is 2.05. The van der Waals surface area contributed by atoms with Gasteiger partial charge in [-0.15, -0.1) is 0 Å². The fourth-order valence-corrected chi connectivity index (χ4v) is 2.12. The van der Waals surface area contributed by atoms with Gasteiger partial charge in [-0.25, -0.2) is 0 Å². The second kappa shape index (κ2) is 6.21. The Morgan fingerprint density at radius 2 is 1.79 bits per heavy atom. The zero-order valence-corrected chi connectivity index (χ0v) is 11.4. The van der Waals surface area contributed by atoms with E-state index in [4.69, 9.17) is 10.5 Å². The molecule has 0 aromatic heterocycles. The van der Waals surface area contributed by atoms with Gasteiger partial charge in [-0.1, -0.05) is 48.0 Å². The summed E-state index contributed by atoms with van der Waals surface area (Å²) in [5, 5.41) is 0. The topological polar surface area (TPSA) is 35.2 Å². The molecule has 0 atom stereocenters. The van der Waals surface area contributed by atoms with E-state index in [0.29, 0.717) is 6.54 Å². The lowest BCUT2D eigenvalue weighted by molar-refractivity contribution is 0.414. The Balaban J connectivity index is 2.48. The molecule has 0 radical (unpaired) electrons. The van der Waals surface area contributed by atoms with E-state index >= 15 is 0 Å². The first-order valence-corrected chi connectivity index (χ1v) is 6.36. The van der Waals surface area contributed by atoms with E-state index in [1.807, 2.05) is 24.3 Å². The summed E-state index contributed by atoms with van der Waals surface area (Å²) < 4.78 is 5.28. The molecule has 2 N–H and O–H groups in total. The third-order valence-corrected chi connectivity index (χ3v) is 3.03. The van der Waals surface area contributed by atoms with Crippen LogP contribution in [0.5, 0.6) is 5.75 Å². The van der Waals surface area contributed by atoms with Crippen molar-refractivity contribution in [1.82, 2.24) is 0 Å². The maximum Gasteiger partial charge on any atom is 0.119 e. The van der Waals surface area contributed by atoms with Gasteiger partial charge in [0.15, 0.2) is 0 Å². The quantitative estimate of drug-likeness (QED) is 0.906. The van der Waals surface area contributed by atoms with Crippen LogP contribution in [0.4, 0.5) is 0 Å². The predicted molar refractivity (Wildman–Crippen MR) is 80.3 cm³/mol. The van der Waals surface area contributed by atoms with Crippen molar-refractivity contribution >= 4 is 5.57 Å². The molecule has 0 heterocycles. The second-order valence-electron chi connectivity index (χ2n) is 4.45. The van der Waals surface area contributed by atoms with Crippen molar-refractivity contribution in [3.63, 3.8) is 0 Å². The number of aryl methyl sites for hydroxylation is 1. The van der Waals surface area contributed by atoms with Gasteiger partial charge in [0.05, 0.1) is 7.11 Å². The first kappa shape index (κ1) is 13.4. The molecule has 2 nitrogen and oxygen atoms in total. The first-order valence-electron chi connectivity index (χ1n) is 6.36. The lowest BCUT2D eigenvalue weighted by atomic mass is 9.96. The van der Waals surface area contributed by atoms with Gasteiger partial charge in [-0.05, 0) is 35.8 Å². The molecule has 0 unspecified atom stereocenters. The van der Waals surface area contributed by atoms with Gasteiger partial charge in [0.1, 0.15) is 5.75 Å². The lowest BCUT2D eigenvalue weighted by Gasteiger charge is -2.10. The third kappa shape index (κ3) is 3.24. The van der Waals surface area contributed by atoms with Crippen LogP contribution in [0.2, 0.25) is 0 Å². The Hall–Kier alpha value is -2.06. The molecule has 0 bridgehead atoms. The molecule has 0 saturated heterocycles. The Morgan fingerprint density at radius 1 is 1.11 bits per heavy atom. The molecule has 0 amide bonds. The molecule has 0 aliphatic heterocycles. The summed E-state index contributed by atoms with van der Waals surface area (Å²) in [7, 11) is 1.68. The lowest BCUT2D eigenvalue weighted by Crippen LogP contribution is -1.98. The van der Waals surface area contributed by atoms with Crippen molar-refractivity contribution in [2.24, 2.45) is 5.73 Å². The summed E-state index contributed by atoms with van der Waals surface area (Å²) in [5.74, 6) is 0.855. The SMILES string of the molecule is COc1cccc(/C(=C\CN)c2cccc(C)c2)c1. The summed E-state index contributed by atoms with van der Waals surface area (Å²) in [6.45, 7) is 2.61. The largest absolute Gasteiger partial charge is 0.497 e. The summed E-state index contributed by atoms with van der Waals surface area (Å²) in [5.41, 5.74) is 10.4. The maximum atomic E-state index is 5.71. The van der Waals surface area contributed by atoms with Crippen LogP contribution >= 0.6 is 0 Å². The van der Waals surface area contributed by atoms with E-state index in [0.717, 1.165) is 16.9 Å². The zero-order chi connectivity index (χ0) is 13.7. The predicted octanol–water partition coefficient (Wildman–Crippen LogP) is 3.39. The van der Waals surface area contributed by atoms with Crippen LogP contribution in [-0.2, 0) is 0 Å². The minimum Gasteiger partial charge on any atom is -0.497 e. The number of rotatable bonds is 4. The van der Waals surface area contributed by atoms with E-state index in [2.05, 4.69) is 37.3 Å². The molecular formula is C17H19NO. The van der Waals surface area contributed by atoms with Crippen molar-refractivity contribution in [2.75, 3.05) is 13.7 Å². The molecule has 98 valence electrons. The molecule has 19 heavy (non-hydrogen) atoms. The van der Waals surface area contributed by atoms with E-state index in [9.17, 15) is 0 Å². The molecule has 0 aliphatic rings. The average molecular weight is 253 g/mol. The van der Waals surface area contributed by atoms with Gasteiger partial charge in [0, 0.05) is 6.54 Å². The van der Waals surface area contributed by atoms with Gasteiger partial charge in [0.25, 0.3) is 0 Å². The van der Waals surface area contributed by atoms with Crippen molar-refractivity contribution in [3.05, 3.63) is 71.3 Å². The van der Waals surface area contributed by atoms with E-state index in [1.165, 1.54) is 11.1 Å². The second-order valence-corrected chi connectivity index (χ2v) is 4.45. The molecule has 2 rings (SSSR count). The number of hydrogen-bond donors (Lipinski definition) is 1. The molecule has 2 heteroatoms. The van der Waals surface area contributed by atoms with Gasteiger partial charge in [-0.2, -0.15) is 0 Å². The van der Waals surface area contributed by atoms with Crippen molar-refractivity contribution in [1.29, 1.82) is 0 Å². The molecular weight excluding hydrogens is 234 g/mol. The molecule has 0 fully saturated rings. The number of hydrogen-bond acceptors (Lipinski definition) is 2. The summed E-state index contributed by atoms with van der Waals surface area (Å²) in [4.78, 5) is 0. The maximum absolute atomic E-state index is 5.71. The van der Waals surface area contributed by atoms with Crippen molar-refractivity contribution in [3.8, 4) is 5.75 Å². The third-order valence-electron chi connectivity index (χ3n) is 3.03. The van der Waals surface area contributed by atoms with Gasteiger partial charge < -0.3 is 10.5 Å². The van der Waals surface area contributed by atoms with Crippen LogP contribution in [0, 0.1) is 6.92 Å². The monoisotopic (exact) mass is 253 g/mol. The molecule has 2 aromatic rings. The standard InChI is InChI=1S/C17H19NO/c1-13-5-3-6-14(11-13)17(9-10-18)15-7-4-8-16(12-15)19-2/h3-9,11-12H,10,18H2,1-2H3/b17-9-. The number of nitrogens with two attached hydrogens (primary N) is 1. The highest BCUT2D eigenvalue weighted by atomic mass is 16.5. The van der Waals surface area contributed by atoms with Crippen LogP contribution in [0.15, 0.2) is 54.6 Å². The highest BCUT2D eigenvalue weighted by Crippen LogP contribution is 2.26. The minimum atomic E-state index is 0.514. The highest BCUT2D eigenvalue weighted by Gasteiger charge is 2.06. The molecule has 0 spiro atoms. The fraction of sp³-hybridized carbons (Fsp3) is 0.176. The Labute approximate surface area is 114 Å². The van der Waals surface area contributed by atoms with Crippen LogP contribution in [0.1, 0.15) is 16.7 Å². The average Bonchev–Trinajstić information content (AvgIpc) is 2.45. The zero-order valence-electron chi connectivity index (χ0n) is 11.4. The van der Waals surface area contributed by atoms with Crippen LogP contribution < -0.4 is 10.5 Å². The summed E-state index contributed by atoms with van der Waals surface area (Å²) >= 11 is 0. The van der Waals surface area contributed by atoms with Crippen LogP contribution in [0.25, 0.3) is 5.57 Å². The van der Waals surface area contributed by atoms with Crippen LogP contribution in [0.3, 0.4) is 0 Å². The van der Waals surface area contributed by atoms with E-state index in [-0.39, 0.29) is 0 Å². The molecule has 0 saturated carbocycles. The smallest absolute Gasteiger partial charge is 0.119 e. The van der Waals surface area contributed by atoms with Crippen LogP contribution in [-0.4, -0.2) is 13.7 Å². The Kier molecular flexibility index (Phi) is 4.37. The minimum absolute atomic E-state index is 0.514. The highest BCUT2D eigenvalue weighted by molar-refractivity contribution is 5.80. The normalized spacial score (nSPS) is 11.4. The Morgan fingerprint density at radius 3 is 2.42 bits per heavy atom.